The van der Waals surface area contributed by atoms with Crippen molar-refractivity contribution < 1.29 is 48.2 Å². The molecule has 2 N–H and O–H groups in total. The highest BCUT2D eigenvalue weighted by molar-refractivity contribution is 5.87. The fourth-order valence-electron chi connectivity index (χ4n) is 8.10. The van der Waals surface area contributed by atoms with Crippen molar-refractivity contribution in [1.82, 2.24) is 0 Å². The molecule has 0 aromatic rings. The molecule has 276 valence electrons. The number of hydrogen-bond donors (Lipinski definition) is 2. The van der Waals surface area contributed by atoms with Crippen LogP contribution >= 0.6 is 0 Å². The predicted octanol–water partition coefficient (Wildman–Crippen LogP) is 5.59. The fourth-order valence-corrected chi connectivity index (χ4v) is 8.10. The summed E-state index contributed by atoms with van der Waals surface area (Å²) >= 11 is 0. The van der Waals surface area contributed by atoms with Crippen molar-refractivity contribution in [3.63, 3.8) is 0 Å². The van der Waals surface area contributed by atoms with E-state index in [-0.39, 0.29) is 37.6 Å². The summed E-state index contributed by atoms with van der Waals surface area (Å²) in [5, 5.41) is 24.2. The van der Waals surface area contributed by atoms with Crippen LogP contribution in [0.5, 0.6) is 0 Å². The van der Waals surface area contributed by atoms with E-state index in [1.807, 2.05) is 32.1 Å². The third-order valence-corrected chi connectivity index (χ3v) is 11.1. The molecule has 0 radical (unpaired) electrons. The Labute approximate surface area is 296 Å². The fraction of sp³-hybridized carbons (Fsp3) is 0.650. The van der Waals surface area contributed by atoms with Gasteiger partial charge in [-0.15, -0.1) is 0 Å². The van der Waals surface area contributed by atoms with Gasteiger partial charge in [-0.3, -0.25) is 4.79 Å². The lowest BCUT2D eigenvalue weighted by Gasteiger charge is -2.52. The van der Waals surface area contributed by atoms with Crippen LogP contribution in [-0.4, -0.2) is 90.5 Å². The molecule has 0 amide bonds. The Bertz CT molecular complexity index is 1470. The van der Waals surface area contributed by atoms with Crippen LogP contribution in [0.4, 0.5) is 0 Å². The summed E-state index contributed by atoms with van der Waals surface area (Å²) in [5.41, 5.74) is 1.91. The molecule has 4 heterocycles. The topological polar surface area (TPSA) is 130 Å². The van der Waals surface area contributed by atoms with Crippen LogP contribution in [0.1, 0.15) is 80.6 Å². The average molecular weight is 697 g/mol. The summed E-state index contributed by atoms with van der Waals surface area (Å²) in [4.78, 5) is 27.1. The standard InChI is InChI=1S/C40H56O10/c1-9-25(5)34-27(7)17-33(41)39(50-34)20-31-19-30(49-39)15-14-24(4)16-23(3)12-11-13-29-22-46-36-35(45-8)28(21-47-37(42)26(6)10-2)18-32(38(43)48-31)40(29,36)44/h9-14,18,23,27,30-36,41,44H,15-17,19-22H2,1-8H3/b12-11+,24-14+,25-9+,26-10+,29-13+/t23-,27-,30+,31-,32?,33+,34+,35+,36+,39-,40+/m0/s1. The third-order valence-electron chi connectivity index (χ3n) is 11.1. The van der Waals surface area contributed by atoms with Crippen molar-refractivity contribution >= 4 is 11.9 Å². The summed E-state index contributed by atoms with van der Waals surface area (Å²) in [6, 6.07) is 0. The van der Waals surface area contributed by atoms with Gasteiger partial charge in [0.05, 0.1) is 18.8 Å². The molecule has 0 aromatic heterocycles. The Morgan fingerprint density at radius 1 is 1.12 bits per heavy atom. The van der Waals surface area contributed by atoms with Crippen molar-refractivity contribution in [2.45, 2.75) is 129 Å². The van der Waals surface area contributed by atoms with Crippen LogP contribution in [0, 0.1) is 17.8 Å². The molecule has 10 nitrogen and oxygen atoms in total. The van der Waals surface area contributed by atoms with E-state index in [2.05, 4.69) is 32.9 Å². The first kappa shape index (κ1) is 38.4. The lowest BCUT2D eigenvalue weighted by Crippen LogP contribution is -2.62. The van der Waals surface area contributed by atoms with Crippen molar-refractivity contribution in [1.29, 1.82) is 0 Å². The Morgan fingerprint density at radius 2 is 1.88 bits per heavy atom. The van der Waals surface area contributed by atoms with Gasteiger partial charge in [-0.05, 0) is 82.4 Å². The zero-order chi connectivity index (χ0) is 36.4. The average Bonchev–Trinajstić information content (AvgIpc) is 3.42. The maximum absolute atomic E-state index is 14.5. The molecule has 3 saturated heterocycles. The molecule has 0 aromatic carbocycles. The molecule has 5 rings (SSSR count). The molecular formula is C40H56O10. The number of esters is 2. The molecule has 0 saturated carbocycles. The van der Waals surface area contributed by atoms with Crippen LogP contribution in [0.25, 0.3) is 0 Å². The molecule has 10 heteroatoms. The Hall–Kier alpha value is -2.86. The first-order chi connectivity index (χ1) is 23.8. The Balaban J connectivity index is 1.56. The highest BCUT2D eigenvalue weighted by Gasteiger charge is 2.61. The molecule has 1 aliphatic carbocycles. The van der Waals surface area contributed by atoms with Crippen molar-refractivity contribution in [3.8, 4) is 0 Å². The van der Waals surface area contributed by atoms with Gasteiger partial charge in [0, 0.05) is 25.5 Å². The molecule has 50 heavy (non-hydrogen) atoms. The second-order valence-corrected chi connectivity index (χ2v) is 14.9. The minimum Gasteiger partial charge on any atom is -0.462 e. The number of fused-ring (bicyclic) bond motifs is 2. The van der Waals surface area contributed by atoms with Gasteiger partial charge in [0.2, 0.25) is 0 Å². The number of carbonyl (C=O) groups is 2. The molecular weight excluding hydrogens is 640 g/mol. The monoisotopic (exact) mass is 696 g/mol. The largest absolute Gasteiger partial charge is 0.462 e. The van der Waals surface area contributed by atoms with E-state index in [0.29, 0.717) is 36.0 Å². The number of aliphatic hydroxyl groups is 2. The van der Waals surface area contributed by atoms with Crippen molar-refractivity contribution in [2.24, 2.45) is 17.8 Å². The minimum atomic E-state index is -1.79. The second-order valence-electron chi connectivity index (χ2n) is 14.9. The van der Waals surface area contributed by atoms with E-state index in [9.17, 15) is 19.8 Å². The maximum atomic E-state index is 14.5. The quantitative estimate of drug-likeness (QED) is 0.213. The van der Waals surface area contributed by atoms with Crippen LogP contribution in [0.15, 0.2) is 70.4 Å². The van der Waals surface area contributed by atoms with Gasteiger partial charge >= 0.3 is 11.9 Å². The second kappa shape index (κ2) is 15.8. The van der Waals surface area contributed by atoms with E-state index in [1.54, 1.807) is 26.0 Å². The minimum absolute atomic E-state index is 0.0583. The van der Waals surface area contributed by atoms with E-state index in [4.69, 9.17) is 28.4 Å². The molecule has 11 atom stereocenters. The van der Waals surface area contributed by atoms with Gasteiger partial charge in [-0.1, -0.05) is 62.0 Å². The number of allylic oxidation sites excluding steroid dienone is 6. The molecule has 2 bridgehead atoms. The number of aliphatic hydroxyl groups excluding tert-OH is 1. The molecule has 4 aliphatic heterocycles. The highest BCUT2D eigenvalue weighted by Crippen LogP contribution is 2.48. The third kappa shape index (κ3) is 7.66. The van der Waals surface area contributed by atoms with Gasteiger partial charge in [0.25, 0.3) is 0 Å². The summed E-state index contributed by atoms with van der Waals surface area (Å²) in [6.45, 7) is 13.6. The van der Waals surface area contributed by atoms with Gasteiger partial charge in [0.15, 0.2) is 5.79 Å². The smallest absolute Gasteiger partial charge is 0.333 e. The predicted molar refractivity (Wildman–Crippen MR) is 188 cm³/mol. The van der Waals surface area contributed by atoms with Crippen LogP contribution in [0.2, 0.25) is 0 Å². The van der Waals surface area contributed by atoms with Crippen molar-refractivity contribution in [3.05, 3.63) is 70.4 Å². The summed E-state index contributed by atoms with van der Waals surface area (Å²) in [7, 11) is 1.50. The number of rotatable bonds is 5. The first-order valence-electron chi connectivity index (χ1n) is 18.0. The Morgan fingerprint density at radius 3 is 2.58 bits per heavy atom. The van der Waals surface area contributed by atoms with Gasteiger partial charge < -0.3 is 38.6 Å². The number of carbonyl (C=O) groups excluding carboxylic acids is 2. The van der Waals surface area contributed by atoms with E-state index in [0.717, 1.165) is 12.0 Å². The number of methoxy groups -OCH3 is 1. The van der Waals surface area contributed by atoms with Crippen LogP contribution < -0.4 is 0 Å². The summed E-state index contributed by atoms with van der Waals surface area (Å²) in [5.74, 6) is -3.47. The molecule has 1 spiro atoms. The highest BCUT2D eigenvalue weighted by atomic mass is 16.7. The van der Waals surface area contributed by atoms with E-state index >= 15 is 0 Å². The normalized spacial score (nSPS) is 42.7. The Kier molecular flexibility index (Phi) is 12.1. The SMILES string of the molecule is C/C=C(\C)C(=O)OCC1=CC2C(=O)O[C@H]3C[C@@H](C/C=C(\C)C[C@@H](C)/C=C/C=C4\CO[C@H]([C@@H]1OC)[C@@]42O)O[C@@]1(C3)O[C@H](/C(C)=C/C)[C@@H](C)C[C@H]1O. The first-order valence-corrected chi connectivity index (χ1v) is 18.0. The zero-order valence-corrected chi connectivity index (χ0v) is 30.8. The van der Waals surface area contributed by atoms with Gasteiger partial charge in [0.1, 0.15) is 42.5 Å². The number of ether oxygens (including phenoxy) is 6. The molecule has 3 fully saturated rings. The lowest BCUT2D eigenvalue weighted by molar-refractivity contribution is -0.363. The maximum Gasteiger partial charge on any atom is 0.333 e. The molecule has 5 aliphatic rings. The number of hydrogen-bond acceptors (Lipinski definition) is 10. The lowest BCUT2D eigenvalue weighted by atomic mass is 9.70. The van der Waals surface area contributed by atoms with E-state index < -0.39 is 59.8 Å². The van der Waals surface area contributed by atoms with Crippen molar-refractivity contribution in [2.75, 3.05) is 20.3 Å². The summed E-state index contributed by atoms with van der Waals surface area (Å²) in [6.07, 6.45) is 11.6. The summed E-state index contributed by atoms with van der Waals surface area (Å²) < 4.78 is 37.3. The molecule has 1 unspecified atom stereocenters. The van der Waals surface area contributed by atoms with Crippen LogP contribution in [-0.2, 0) is 38.0 Å². The van der Waals surface area contributed by atoms with Gasteiger partial charge in [-0.25, -0.2) is 4.79 Å². The van der Waals surface area contributed by atoms with Gasteiger partial charge in [-0.2, -0.15) is 0 Å². The van der Waals surface area contributed by atoms with Crippen LogP contribution in [0.3, 0.4) is 0 Å². The zero-order valence-electron chi connectivity index (χ0n) is 30.8. The van der Waals surface area contributed by atoms with E-state index in [1.165, 1.54) is 12.7 Å².